The largest absolute Gasteiger partial charge is 0.389 e. The Balaban J connectivity index is 1.98. The molecule has 1 fully saturated rings. The van der Waals surface area contributed by atoms with Crippen LogP contribution in [0, 0.1) is 0 Å². The van der Waals surface area contributed by atoms with E-state index in [1.54, 1.807) is 0 Å². The summed E-state index contributed by atoms with van der Waals surface area (Å²) >= 11 is 0. The molecule has 5 heteroatoms. The molecule has 1 atom stereocenters. The van der Waals surface area contributed by atoms with E-state index in [1.807, 2.05) is 6.92 Å². The van der Waals surface area contributed by atoms with Crippen LogP contribution in [0.2, 0.25) is 0 Å². The second-order valence-electron chi connectivity index (χ2n) is 5.34. The lowest BCUT2D eigenvalue weighted by molar-refractivity contribution is -0.00858. The van der Waals surface area contributed by atoms with Gasteiger partial charge in [-0.15, -0.1) is 0 Å². The molecule has 1 saturated carbocycles. The predicted octanol–water partition coefficient (Wildman–Crippen LogP) is 0.685. The fourth-order valence-corrected chi connectivity index (χ4v) is 2.40. The lowest BCUT2D eigenvalue weighted by atomic mass is 9.85. The molecule has 1 aliphatic rings. The van der Waals surface area contributed by atoms with Crippen molar-refractivity contribution in [3.8, 4) is 0 Å². The third-order valence-corrected chi connectivity index (χ3v) is 3.50. The van der Waals surface area contributed by atoms with Gasteiger partial charge in [-0.1, -0.05) is 19.3 Å². The predicted molar refractivity (Wildman–Crippen MR) is 74.2 cm³/mol. The fraction of sp³-hybridized carbons (Fsp3) is 1.00. The van der Waals surface area contributed by atoms with Crippen molar-refractivity contribution in [3.63, 3.8) is 0 Å². The number of ether oxygens (including phenoxy) is 2. The summed E-state index contributed by atoms with van der Waals surface area (Å²) in [6, 6.07) is 0. The Kier molecular flexibility index (Phi) is 8.57. The van der Waals surface area contributed by atoms with E-state index in [0.717, 1.165) is 25.7 Å². The molecular formula is C14H29NO4. The van der Waals surface area contributed by atoms with Crippen molar-refractivity contribution < 1.29 is 19.7 Å². The van der Waals surface area contributed by atoms with Crippen molar-refractivity contribution in [2.75, 3.05) is 39.5 Å². The maximum absolute atomic E-state index is 10.3. The summed E-state index contributed by atoms with van der Waals surface area (Å²) in [7, 11) is 0. The van der Waals surface area contributed by atoms with Crippen LogP contribution in [-0.4, -0.2) is 61.4 Å². The first-order valence-electron chi connectivity index (χ1n) is 7.43. The monoisotopic (exact) mass is 275 g/mol. The quantitative estimate of drug-likeness (QED) is 0.512. The first-order chi connectivity index (χ1) is 9.16. The Bertz CT molecular complexity index is 219. The molecule has 5 nitrogen and oxygen atoms in total. The van der Waals surface area contributed by atoms with E-state index >= 15 is 0 Å². The maximum atomic E-state index is 10.3. The summed E-state index contributed by atoms with van der Waals surface area (Å²) in [4.78, 5) is 0. The van der Waals surface area contributed by atoms with Gasteiger partial charge in [-0.25, -0.2) is 0 Å². The van der Waals surface area contributed by atoms with Gasteiger partial charge in [0.15, 0.2) is 0 Å². The highest BCUT2D eigenvalue weighted by atomic mass is 16.5. The van der Waals surface area contributed by atoms with Gasteiger partial charge in [-0.05, 0) is 19.8 Å². The Morgan fingerprint density at radius 1 is 1.16 bits per heavy atom. The number of nitrogens with one attached hydrogen (secondary N) is 1. The highest BCUT2D eigenvalue weighted by Crippen LogP contribution is 2.27. The first kappa shape index (κ1) is 16.9. The van der Waals surface area contributed by atoms with E-state index in [2.05, 4.69) is 5.32 Å². The molecule has 0 amide bonds. The van der Waals surface area contributed by atoms with E-state index in [4.69, 9.17) is 9.47 Å². The molecule has 0 saturated heterocycles. The second-order valence-corrected chi connectivity index (χ2v) is 5.34. The molecule has 0 bridgehead atoms. The molecular weight excluding hydrogens is 246 g/mol. The molecule has 1 rings (SSSR count). The minimum atomic E-state index is -0.576. The number of aliphatic hydroxyl groups excluding tert-OH is 1. The Morgan fingerprint density at radius 3 is 2.53 bits per heavy atom. The van der Waals surface area contributed by atoms with Gasteiger partial charge in [0.1, 0.15) is 0 Å². The zero-order chi connectivity index (χ0) is 14.0. The molecule has 0 aromatic carbocycles. The fourth-order valence-electron chi connectivity index (χ4n) is 2.40. The van der Waals surface area contributed by atoms with Gasteiger partial charge >= 0.3 is 0 Å². The van der Waals surface area contributed by atoms with Crippen molar-refractivity contribution in [2.24, 2.45) is 0 Å². The summed E-state index contributed by atoms with van der Waals surface area (Å²) in [5, 5.41) is 23.1. The number of hydrogen-bond acceptors (Lipinski definition) is 5. The van der Waals surface area contributed by atoms with Gasteiger partial charge in [0.05, 0.1) is 31.5 Å². The van der Waals surface area contributed by atoms with Crippen molar-refractivity contribution >= 4 is 0 Å². The summed E-state index contributed by atoms with van der Waals surface area (Å²) in [6.07, 6.45) is 4.61. The third kappa shape index (κ3) is 7.84. The van der Waals surface area contributed by atoms with Crippen LogP contribution in [0.15, 0.2) is 0 Å². The van der Waals surface area contributed by atoms with Gasteiger partial charge in [-0.3, -0.25) is 0 Å². The smallest absolute Gasteiger partial charge is 0.0897 e. The van der Waals surface area contributed by atoms with E-state index in [-0.39, 0.29) is 0 Å². The summed E-state index contributed by atoms with van der Waals surface area (Å²) in [5.74, 6) is 0. The van der Waals surface area contributed by atoms with E-state index in [1.165, 1.54) is 6.42 Å². The summed E-state index contributed by atoms with van der Waals surface area (Å²) in [6.45, 7) is 5.02. The molecule has 0 aliphatic heterocycles. The van der Waals surface area contributed by atoms with Crippen LogP contribution in [-0.2, 0) is 9.47 Å². The Morgan fingerprint density at radius 2 is 1.84 bits per heavy atom. The van der Waals surface area contributed by atoms with Crippen molar-refractivity contribution in [3.05, 3.63) is 0 Å². The number of hydrogen-bond donors (Lipinski definition) is 3. The van der Waals surface area contributed by atoms with Crippen molar-refractivity contribution in [2.45, 2.75) is 50.7 Å². The molecule has 0 spiro atoms. The number of aliphatic hydroxyl groups is 2. The van der Waals surface area contributed by atoms with Crippen LogP contribution >= 0.6 is 0 Å². The van der Waals surface area contributed by atoms with Crippen molar-refractivity contribution in [1.29, 1.82) is 0 Å². The summed E-state index contributed by atoms with van der Waals surface area (Å²) < 4.78 is 10.4. The van der Waals surface area contributed by atoms with Crippen molar-refractivity contribution in [1.82, 2.24) is 5.32 Å². The zero-order valence-corrected chi connectivity index (χ0v) is 12.1. The molecule has 0 aromatic heterocycles. The average Bonchev–Trinajstić information content (AvgIpc) is 2.39. The molecule has 1 aliphatic carbocycles. The Labute approximate surface area is 116 Å². The number of rotatable bonds is 10. The van der Waals surface area contributed by atoms with E-state index < -0.39 is 11.7 Å². The lowest BCUT2D eigenvalue weighted by Gasteiger charge is -2.32. The summed E-state index contributed by atoms with van der Waals surface area (Å²) in [5.41, 5.74) is -0.576. The van der Waals surface area contributed by atoms with Gasteiger partial charge < -0.3 is 25.0 Å². The second kappa shape index (κ2) is 9.66. The zero-order valence-electron chi connectivity index (χ0n) is 12.1. The molecule has 3 N–H and O–H groups in total. The van der Waals surface area contributed by atoms with Gasteiger partial charge in [0, 0.05) is 19.7 Å². The Hall–Kier alpha value is -0.200. The van der Waals surface area contributed by atoms with Gasteiger partial charge in [-0.2, -0.15) is 0 Å². The van der Waals surface area contributed by atoms with Crippen LogP contribution < -0.4 is 5.32 Å². The molecule has 19 heavy (non-hydrogen) atoms. The normalized spacial score (nSPS) is 20.4. The van der Waals surface area contributed by atoms with Gasteiger partial charge in [0.25, 0.3) is 0 Å². The van der Waals surface area contributed by atoms with E-state index in [9.17, 15) is 10.2 Å². The lowest BCUT2D eigenvalue weighted by Crippen LogP contribution is -2.44. The minimum absolute atomic E-state index is 0.304. The van der Waals surface area contributed by atoms with Crippen LogP contribution in [0.5, 0.6) is 0 Å². The SMILES string of the molecule is CCOCCOCC(O)CNCC1(O)CCCCC1. The minimum Gasteiger partial charge on any atom is -0.389 e. The molecule has 0 heterocycles. The molecule has 0 radical (unpaired) electrons. The maximum Gasteiger partial charge on any atom is 0.0897 e. The van der Waals surface area contributed by atoms with Crippen LogP contribution in [0.25, 0.3) is 0 Å². The average molecular weight is 275 g/mol. The van der Waals surface area contributed by atoms with Crippen LogP contribution in [0.1, 0.15) is 39.0 Å². The van der Waals surface area contributed by atoms with Crippen LogP contribution in [0.3, 0.4) is 0 Å². The highest BCUT2D eigenvalue weighted by molar-refractivity contribution is 4.84. The molecule has 114 valence electrons. The molecule has 1 unspecified atom stereocenters. The van der Waals surface area contributed by atoms with Crippen LogP contribution in [0.4, 0.5) is 0 Å². The van der Waals surface area contributed by atoms with E-state index in [0.29, 0.717) is 39.5 Å². The standard InChI is InChI=1S/C14H29NO4/c1-2-18-8-9-19-11-13(16)10-15-12-14(17)6-4-3-5-7-14/h13,15-17H,2-12H2,1H3. The highest BCUT2D eigenvalue weighted by Gasteiger charge is 2.28. The van der Waals surface area contributed by atoms with Gasteiger partial charge in [0.2, 0.25) is 0 Å². The molecule has 0 aromatic rings. The first-order valence-corrected chi connectivity index (χ1v) is 7.43. The third-order valence-electron chi connectivity index (χ3n) is 3.50. The topological polar surface area (TPSA) is 71.0 Å².